The number of anilines is 1. The van der Waals surface area contributed by atoms with Crippen molar-refractivity contribution in [3.63, 3.8) is 0 Å². The van der Waals surface area contributed by atoms with Gasteiger partial charge in [-0.25, -0.2) is 9.98 Å². The largest absolute Gasteiger partial charge is 0.438 e. The average Bonchev–Trinajstić information content (AvgIpc) is 2.74. The second-order valence-corrected chi connectivity index (χ2v) is 6.30. The maximum atomic E-state index is 12.9. The van der Waals surface area contributed by atoms with Gasteiger partial charge in [0.1, 0.15) is 17.0 Å². The third-order valence-corrected chi connectivity index (χ3v) is 4.38. The molecule has 0 atom stereocenters. The predicted octanol–water partition coefficient (Wildman–Crippen LogP) is 4.87. The van der Waals surface area contributed by atoms with Crippen LogP contribution in [-0.4, -0.2) is 10.9 Å². The van der Waals surface area contributed by atoms with Crippen LogP contribution in [0.2, 0.25) is 0 Å². The molecule has 0 spiro atoms. The van der Waals surface area contributed by atoms with Crippen LogP contribution in [-0.2, 0) is 6.42 Å². The first-order valence-corrected chi connectivity index (χ1v) is 9.12. The molecule has 0 saturated heterocycles. The van der Waals surface area contributed by atoms with Gasteiger partial charge in [-0.05, 0) is 48.4 Å². The summed E-state index contributed by atoms with van der Waals surface area (Å²) >= 11 is 0. The van der Waals surface area contributed by atoms with E-state index >= 15 is 0 Å². The highest BCUT2D eigenvalue weighted by molar-refractivity contribution is 6.04. The molecule has 138 valence electrons. The molecule has 0 bridgehead atoms. The molecule has 0 saturated carbocycles. The summed E-state index contributed by atoms with van der Waals surface area (Å²) in [5, 5.41) is 3.63. The van der Waals surface area contributed by atoms with Crippen molar-refractivity contribution in [3.8, 4) is 0 Å². The number of aryl methyl sites for hydroxylation is 1. The molecule has 0 aliphatic heterocycles. The van der Waals surface area contributed by atoms with Crippen molar-refractivity contribution >= 4 is 28.4 Å². The van der Waals surface area contributed by atoms with Crippen molar-refractivity contribution in [2.45, 2.75) is 13.3 Å². The van der Waals surface area contributed by atoms with Crippen molar-refractivity contribution in [3.05, 3.63) is 95.7 Å². The van der Waals surface area contributed by atoms with Gasteiger partial charge in [-0.3, -0.25) is 4.79 Å². The van der Waals surface area contributed by atoms with Crippen LogP contribution in [0.5, 0.6) is 0 Å². The van der Waals surface area contributed by atoms with Gasteiger partial charge in [0.25, 0.3) is 5.91 Å². The maximum absolute atomic E-state index is 12.9. The average molecular weight is 369 g/mol. The van der Waals surface area contributed by atoms with Crippen LogP contribution >= 0.6 is 0 Å². The van der Waals surface area contributed by atoms with Gasteiger partial charge < -0.3 is 9.73 Å². The van der Waals surface area contributed by atoms with Gasteiger partial charge in [-0.1, -0.05) is 43.3 Å². The van der Waals surface area contributed by atoms with Crippen molar-refractivity contribution in [1.82, 2.24) is 4.98 Å². The number of rotatable bonds is 4. The van der Waals surface area contributed by atoms with Crippen molar-refractivity contribution in [2.75, 3.05) is 5.32 Å². The summed E-state index contributed by atoms with van der Waals surface area (Å²) in [6.45, 7) is 2.10. The monoisotopic (exact) mass is 369 g/mol. The Hall–Kier alpha value is -3.73. The van der Waals surface area contributed by atoms with E-state index in [0.29, 0.717) is 17.0 Å². The number of nitrogens with zero attached hydrogens (tertiary/aromatic N) is 2. The Kier molecular flexibility index (Phi) is 4.97. The Labute approximate surface area is 162 Å². The first kappa shape index (κ1) is 17.7. The zero-order chi connectivity index (χ0) is 19.3. The Morgan fingerprint density at radius 3 is 2.57 bits per heavy atom. The van der Waals surface area contributed by atoms with Crippen LogP contribution in [0.15, 0.2) is 88.4 Å². The number of benzene rings is 2. The van der Waals surface area contributed by atoms with E-state index < -0.39 is 0 Å². The Morgan fingerprint density at radius 1 is 1.04 bits per heavy atom. The van der Waals surface area contributed by atoms with Gasteiger partial charge in [0.15, 0.2) is 0 Å². The fourth-order valence-corrected chi connectivity index (χ4v) is 2.86. The van der Waals surface area contributed by atoms with Gasteiger partial charge in [0.05, 0.1) is 5.69 Å². The van der Waals surface area contributed by atoms with Gasteiger partial charge in [0, 0.05) is 11.6 Å². The zero-order valence-corrected chi connectivity index (χ0v) is 15.4. The van der Waals surface area contributed by atoms with E-state index in [1.165, 1.54) is 5.56 Å². The summed E-state index contributed by atoms with van der Waals surface area (Å²) in [7, 11) is 0. The second-order valence-electron chi connectivity index (χ2n) is 6.30. The lowest BCUT2D eigenvalue weighted by molar-refractivity contribution is 0.102. The molecule has 4 rings (SSSR count). The smallest absolute Gasteiger partial charge is 0.262 e. The van der Waals surface area contributed by atoms with E-state index in [1.54, 1.807) is 24.4 Å². The van der Waals surface area contributed by atoms with Crippen LogP contribution in [0, 0.1) is 0 Å². The fraction of sp³-hybridized carbons (Fsp3) is 0.0870. The van der Waals surface area contributed by atoms with Gasteiger partial charge >= 0.3 is 0 Å². The maximum Gasteiger partial charge on any atom is 0.262 e. The van der Waals surface area contributed by atoms with Crippen LogP contribution in [0.1, 0.15) is 22.8 Å². The van der Waals surface area contributed by atoms with Crippen LogP contribution in [0.25, 0.3) is 11.0 Å². The number of pyridine rings is 1. The lowest BCUT2D eigenvalue weighted by Crippen LogP contribution is -2.22. The molecule has 1 amide bonds. The standard InChI is InChI=1S/C23H19N3O2/c1-2-16-10-12-18(13-11-16)25-23-19(15-17-7-3-4-8-20(17)28-23)22(27)26-21-9-5-6-14-24-21/h3-15H,2H2,1H3,(H,24,26,27). The minimum atomic E-state index is -0.322. The zero-order valence-electron chi connectivity index (χ0n) is 15.4. The summed E-state index contributed by atoms with van der Waals surface area (Å²) in [5.74, 6) is 0.149. The van der Waals surface area contributed by atoms with E-state index in [1.807, 2.05) is 54.6 Å². The van der Waals surface area contributed by atoms with E-state index in [2.05, 4.69) is 22.2 Å². The number of nitrogens with one attached hydrogen (secondary N) is 1. The summed E-state index contributed by atoms with van der Waals surface area (Å²) in [6.07, 6.45) is 2.58. The van der Waals surface area contributed by atoms with Crippen molar-refractivity contribution < 1.29 is 9.21 Å². The summed E-state index contributed by atoms with van der Waals surface area (Å²) in [5.41, 5.74) is 3.23. The Balaban J connectivity index is 1.82. The van der Waals surface area contributed by atoms with E-state index in [4.69, 9.17) is 4.42 Å². The molecule has 28 heavy (non-hydrogen) atoms. The highest BCUT2D eigenvalue weighted by atomic mass is 16.3. The molecule has 5 heteroatoms. The van der Waals surface area contributed by atoms with Crippen LogP contribution in [0.3, 0.4) is 0 Å². The molecule has 0 aliphatic carbocycles. The number of hydrogen-bond acceptors (Lipinski definition) is 4. The highest BCUT2D eigenvalue weighted by Gasteiger charge is 2.13. The second kappa shape index (κ2) is 7.88. The number of fused-ring (bicyclic) bond motifs is 1. The molecule has 1 N–H and O–H groups in total. The van der Waals surface area contributed by atoms with Crippen molar-refractivity contribution in [1.29, 1.82) is 0 Å². The minimum absolute atomic E-state index is 0.261. The number of carbonyl (C=O) groups is 1. The Morgan fingerprint density at radius 2 is 1.82 bits per heavy atom. The molecule has 2 aromatic carbocycles. The number of para-hydroxylation sites is 1. The summed E-state index contributed by atoms with van der Waals surface area (Å²) in [6, 6.07) is 22.6. The third-order valence-electron chi connectivity index (χ3n) is 4.38. The van der Waals surface area contributed by atoms with Crippen LogP contribution in [0.4, 0.5) is 11.5 Å². The highest BCUT2D eigenvalue weighted by Crippen LogP contribution is 2.17. The molecule has 0 aliphatic rings. The van der Waals surface area contributed by atoms with E-state index in [0.717, 1.165) is 17.5 Å². The molecule has 2 heterocycles. The molecule has 0 unspecified atom stereocenters. The number of aromatic nitrogens is 1. The lowest BCUT2D eigenvalue weighted by atomic mass is 10.1. The van der Waals surface area contributed by atoms with Crippen molar-refractivity contribution in [2.24, 2.45) is 4.99 Å². The molecular weight excluding hydrogens is 350 g/mol. The molecular formula is C23H19N3O2. The van der Waals surface area contributed by atoms with E-state index in [9.17, 15) is 4.79 Å². The summed E-state index contributed by atoms with van der Waals surface area (Å²) in [4.78, 5) is 21.6. The quantitative estimate of drug-likeness (QED) is 0.558. The fourth-order valence-electron chi connectivity index (χ4n) is 2.86. The predicted molar refractivity (Wildman–Crippen MR) is 109 cm³/mol. The normalized spacial score (nSPS) is 11.5. The van der Waals surface area contributed by atoms with Gasteiger partial charge in [0.2, 0.25) is 5.55 Å². The molecule has 4 aromatic rings. The molecule has 0 fully saturated rings. The first-order valence-electron chi connectivity index (χ1n) is 9.12. The van der Waals surface area contributed by atoms with Gasteiger partial charge in [-0.15, -0.1) is 0 Å². The summed E-state index contributed by atoms with van der Waals surface area (Å²) < 4.78 is 5.96. The van der Waals surface area contributed by atoms with Gasteiger partial charge in [-0.2, -0.15) is 0 Å². The minimum Gasteiger partial charge on any atom is -0.438 e. The van der Waals surface area contributed by atoms with Crippen LogP contribution < -0.4 is 10.9 Å². The molecule has 0 radical (unpaired) electrons. The molecule has 5 nitrogen and oxygen atoms in total. The Bertz CT molecular complexity index is 1180. The lowest BCUT2D eigenvalue weighted by Gasteiger charge is -2.06. The third kappa shape index (κ3) is 3.83. The first-order chi connectivity index (χ1) is 13.7. The SMILES string of the molecule is CCc1ccc(N=c2oc3ccccc3cc2C(=O)Nc2ccccn2)cc1. The topological polar surface area (TPSA) is 67.5 Å². The molecule has 2 aromatic heterocycles. The number of amides is 1. The van der Waals surface area contributed by atoms with E-state index in [-0.39, 0.29) is 11.5 Å². The number of carbonyl (C=O) groups excluding carboxylic acids is 1. The number of hydrogen-bond donors (Lipinski definition) is 1.